The molecule has 54 valence electrons. The molecule has 1 heterocycles. The lowest BCUT2D eigenvalue weighted by molar-refractivity contribution is 0.0764. The van der Waals surface area contributed by atoms with Crippen LogP contribution in [0.4, 0.5) is 0 Å². The molecule has 3 heteroatoms. The average Bonchev–Trinajstić information content (AvgIpc) is 2.10. The van der Waals surface area contributed by atoms with E-state index in [-0.39, 0.29) is 12.6 Å². The van der Waals surface area contributed by atoms with Crippen LogP contribution in [-0.2, 0) is 0 Å². The zero-order valence-corrected chi connectivity index (χ0v) is 5.59. The van der Waals surface area contributed by atoms with E-state index in [0.29, 0.717) is 13.0 Å². The molecule has 0 spiro atoms. The zero-order valence-electron chi connectivity index (χ0n) is 5.59. The fourth-order valence-electron chi connectivity index (χ4n) is 1.17. The maximum Gasteiger partial charge on any atom is 0.0759 e. The second kappa shape index (κ2) is 2.25. The average molecular weight is 131 g/mol. The van der Waals surface area contributed by atoms with Crippen molar-refractivity contribution in [3.05, 3.63) is 0 Å². The van der Waals surface area contributed by atoms with Crippen molar-refractivity contribution >= 4 is 0 Å². The molecule has 1 rings (SSSR count). The Morgan fingerprint density at radius 1 is 1.78 bits per heavy atom. The monoisotopic (exact) mass is 131 g/mol. The van der Waals surface area contributed by atoms with Gasteiger partial charge in [-0.05, 0) is 13.3 Å². The second-order valence-corrected chi connectivity index (χ2v) is 2.96. The minimum atomic E-state index is -0.604. The SMILES string of the molecule is C[C@]1(O)CN[C@H](CO)C1. The fourth-order valence-corrected chi connectivity index (χ4v) is 1.17. The zero-order chi connectivity index (χ0) is 6.91. The quantitative estimate of drug-likeness (QED) is 0.432. The molecule has 3 N–H and O–H groups in total. The highest BCUT2D eigenvalue weighted by molar-refractivity contribution is 4.89. The smallest absolute Gasteiger partial charge is 0.0759 e. The summed E-state index contributed by atoms with van der Waals surface area (Å²) in [5.41, 5.74) is -0.604. The molecular formula is C6H13NO2. The molecule has 1 saturated heterocycles. The molecule has 2 atom stereocenters. The molecule has 0 saturated carbocycles. The summed E-state index contributed by atoms with van der Waals surface area (Å²) < 4.78 is 0. The highest BCUT2D eigenvalue weighted by atomic mass is 16.3. The molecule has 1 aliphatic heterocycles. The summed E-state index contributed by atoms with van der Waals surface area (Å²) in [6.07, 6.45) is 0.656. The van der Waals surface area contributed by atoms with Gasteiger partial charge in [-0.1, -0.05) is 0 Å². The molecular weight excluding hydrogens is 118 g/mol. The van der Waals surface area contributed by atoms with Crippen LogP contribution in [0.15, 0.2) is 0 Å². The van der Waals surface area contributed by atoms with Crippen LogP contribution < -0.4 is 5.32 Å². The first-order valence-corrected chi connectivity index (χ1v) is 3.21. The van der Waals surface area contributed by atoms with Gasteiger partial charge in [-0.15, -0.1) is 0 Å². The summed E-state index contributed by atoms with van der Waals surface area (Å²) in [5, 5.41) is 20.9. The summed E-state index contributed by atoms with van der Waals surface area (Å²) in [7, 11) is 0. The van der Waals surface area contributed by atoms with Gasteiger partial charge in [-0.25, -0.2) is 0 Å². The van der Waals surface area contributed by atoms with Gasteiger partial charge in [-0.2, -0.15) is 0 Å². The highest BCUT2D eigenvalue weighted by Crippen LogP contribution is 2.17. The van der Waals surface area contributed by atoms with E-state index in [2.05, 4.69) is 5.32 Å². The Labute approximate surface area is 54.7 Å². The van der Waals surface area contributed by atoms with E-state index in [9.17, 15) is 5.11 Å². The van der Waals surface area contributed by atoms with Gasteiger partial charge in [0.1, 0.15) is 0 Å². The lowest BCUT2D eigenvalue weighted by atomic mass is 10.0. The largest absolute Gasteiger partial charge is 0.395 e. The molecule has 0 amide bonds. The lowest BCUT2D eigenvalue weighted by Crippen LogP contribution is -2.26. The Kier molecular flexibility index (Phi) is 1.75. The topological polar surface area (TPSA) is 52.5 Å². The summed E-state index contributed by atoms with van der Waals surface area (Å²) in [5.74, 6) is 0. The van der Waals surface area contributed by atoms with Crippen LogP contribution in [0.1, 0.15) is 13.3 Å². The molecule has 0 radical (unpaired) electrons. The summed E-state index contributed by atoms with van der Waals surface area (Å²) >= 11 is 0. The second-order valence-electron chi connectivity index (χ2n) is 2.96. The van der Waals surface area contributed by atoms with Crippen LogP contribution in [0.2, 0.25) is 0 Å². The Hall–Kier alpha value is -0.120. The molecule has 1 fully saturated rings. The Balaban J connectivity index is 2.38. The maximum absolute atomic E-state index is 9.32. The predicted molar refractivity (Wildman–Crippen MR) is 34.1 cm³/mol. The number of rotatable bonds is 1. The molecule has 0 aromatic heterocycles. The van der Waals surface area contributed by atoms with Crippen LogP contribution in [0, 0.1) is 0 Å². The fraction of sp³-hybridized carbons (Fsp3) is 1.00. The third-order valence-corrected chi connectivity index (χ3v) is 1.68. The van der Waals surface area contributed by atoms with Crippen molar-refractivity contribution in [2.75, 3.05) is 13.2 Å². The first kappa shape index (κ1) is 6.99. The number of hydrogen-bond acceptors (Lipinski definition) is 3. The van der Waals surface area contributed by atoms with Gasteiger partial charge in [-0.3, -0.25) is 0 Å². The first-order chi connectivity index (χ1) is 4.14. The lowest BCUT2D eigenvalue weighted by Gasteiger charge is -2.12. The van der Waals surface area contributed by atoms with Crippen molar-refractivity contribution in [3.8, 4) is 0 Å². The van der Waals surface area contributed by atoms with Crippen molar-refractivity contribution < 1.29 is 10.2 Å². The molecule has 0 bridgehead atoms. The van der Waals surface area contributed by atoms with E-state index >= 15 is 0 Å². The number of aliphatic hydroxyl groups is 2. The molecule has 0 aliphatic carbocycles. The van der Waals surface area contributed by atoms with Crippen LogP contribution >= 0.6 is 0 Å². The van der Waals surface area contributed by atoms with Crippen molar-refractivity contribution in [2.24, 2.45) is 0 Å². The van der Waals surface area contributed by atoms with E-state index in [0.717, 1.165) is 0 Å². The van der Waals surface area contributed by atoms with Gasteiger partial charge in [0.15, 0.2) is 0 Å². The molecule has 0 unspecified atom stereocenters. The minimum Gasteiger partial charge on any atom is -0.395 e. The summed E-state index contributed by atoms with van der Waals surface area (Å²) in [6.45, 7) is 2.49. The molecule has 1 aliphatic rings. The van der Waals surface area contributed by atoms with Crippen LogP contribution in [0.5, 0.6) is 0 Å². The molecule has 3 nitrogen and oxygen atoms in total. The number of hydrogen-bond donors (Lipinski definition) is 3. The predicted octanol–water partition coefficient (Wildman–Crippen LogP) is -0.908. The Bertz CT molecular complexity index is 103. The van der Waals surface area contributed by atoms with Crippen LogP contribution in [0.3, 0.4) is 0 Å². The maximum atomic E-state index is 9.32. The van der Waals surface area contributed by atoms with Crippen molar-refractivity contribution in [1.82, 2.24) is 5.32 Å². The number of nitrogens with one attached hydrogen (secondary N) is 1. The standard InChI is InChI=1S/C6H13NO2/c1-6(9)2-5(3-8)7-4-6/h5,7-9H,2-4H2,1H3/t5-,6+/m0/s1. The van der Waals surface area contributed by atoms with E-state index in [1.54, 1.807) is 6.92 Å². The normalized spacial score (nSPS) is 43.7. The molecule has 0 aromatic carbocycles. The summed E-state index contributed by atoms with van der Waals surface area (Å²) in [4.78, 5) is 0. The van der Waals surface area contributed by atoms with E-state index in [1.165, 1.54) is 0 Å². The van der Waals surface area contributed by atoms with Crippen LogP contribution in [0.25, 0.3) is 0 Å². The molecule has 9 heavy (non-hydrogen) atoms. The molecule has 0 aromatic rings. The van der Waals surface area contributed by atoms with E-state index in [4.69, 9.17) is 5.11 Å². The van der Waals surface area contributed by atoms with Gasteiger partial charge in [0.05, 0.1) is 12.2 Å². The summed E-state index contributed by atoms with van der Waals surface area (Å²) in [6, 6.07) is 0.0972. The third kappa shape index (κ3) is 1.64. The Morgan fingerprint density at radius 3 is 2.67 bits per heavy atom. The van der Waals surface area contributed by atoms with E-state index in [1.807, 2.05) is 0 Å². The van der Waals surface area contributed by atoms with Crippen molar-refractivity contribution in [1.29, 1.82) is 0 Å². The first-order valence-electron chi connectivity index (χ1n) is 3.21. The highest BCUT2D eigenvalue weighted by Gasteiger charge is 2.31. The van der Waals surface area contributed by atoms with Gasteiger partial charge >= 0.3 is 0 Å². The van der Waals surface area contributed by atoms with Gasteiger partial charge in [0.2, 0.25) is 0 Å². The van der Waals surface area contributed by atoms with Gasteiger partial charge in [0.25, 0.3) is 0 Å². The number of aliphatic hydroxyl groups excluding tert-OH is 1. The van der Waals surface area contributed by atoms with Gasteiger partial charge < -0.3 is 15.5 Å². The van der Waals surface area contributed by atoms with Crippen molar-refractivity contribution in [2.45, 2.75) is 25.0 Å². The van der Waals surface area contributed by atoms with Crippen LogP contribution in [-0.4, -0.2) is 35.0 Å². The Morgan fingerprint density at radius 2 is 2.44 bits per heavy atom. The number of β-amino-alcohol motifs (C(OH)–C–C–N with tert-alkyl or cyclic N) is 1. The van der Waals surface area contributed by atoms with E-state index < -0.39 is 5.60 Å². The third-order valence-electron chi connectivity index (χ3n) is 1.68. The van der Waals surface area contributed by atoms with Gasteiger partial charge in [0, 0.05) is 12.6 Å². The minimum absolute atomic E-state index is 0.0972. The van der Waals surface area contributed by atoms with Crippen molar-refractivity contribution in [3.63, 3.8) is 0 Å².